The Hall–Kier alpha value is -1.31. The first-order chi connectivity index (χ1) is 8.04. The van der Waals surface area contributed by atoms with Crippen molar-refractivity contribution in [1.82, 2.24) is 9.55 Å². The summed E-state index contributed by atoms with van der Waals surface area (Å²) in [5, 5.41) is 0. The van der Waals surface area contributed by atoms with Crippen LogP contribution < -0.4 is 0 Å². The van der Waals surface area contributed by atoms with Crippen LogP contribution in [0.25, 0.3) is 11.0 Å². The molecular formula is C15H22N2. The maximum absolute atomic E-state index is 4.62. The van der Waals surface area contributed by atoms with Crippen LogP contribution in [0.1, 0.15) is 57.5 Å². The Bertz CT molecular complexity index is 523. The summed E-state index contributed by atoms with van der Waals surface area (Å²) in [4.78, 5) is 4.62. The molecule has 2 rings (SSSR count). The third-order valence-electron chi connectivity index (χ3n) is 3.59. The number of benzene rings is 1. The average molecular weight is 230 g/mol. The minimum Gasteiger partial charge on any atom is -0.326 e. The molecule has 92 valence electrons. The van der Waals surface area contributed by atoms with Gasteiger partial charge < -0.3 is 4.57 Å². The van der Waals surface area contributed by atoms with E-state index in [1.807, 2.05) is 0 Å². The summed E-state index contributed by atoms with van der Waals surface area (Å²) < 4.78 is 2.32. The summed E-state index contributed by atoms with van der Waals surface area (Å²) >= 11 is 0. The molecule has 0 bridgehead atoms. The lowest BCUT2D eigenvalue weighted by atomic mass is 9.98. The van der Waals surface area contributed by atoms with Gasteiger partial charge in [0.25, 0.3) is 0 Å². The van der Waals surface area contributed by atoms with Gasteiger partial charge in [0.1, 0.15) is 5.82 Å². The van der Waals surface area contributed by atoms with Crippen molar-refractivity contribution in [2.75, 3.05) is 0 Å². The van der Waals surface area contributed by atoms with Crippen LogP contribution in [0, 0.1) is 6.92 Å². The topological polar surface area (TPSA) is 17.8 Å². The van der Waals surface area contributed by atoms with Crippen molar-refractivity contribution in [2.45, 2.75) is 53.0 Å². The zero-order valence-corrected chi connectivity index (χ0v) is 11.5. The third-order valence-corrected chi connectivity index (χ3v) is 3.59. The Labute approximate surface area is 104 Å². The second-order valence-corrected chi connectivity index (χ2v) is 5.18. The SMILES string of the molecule is CCC(C)c1ccc2nc(C)n(C(C)C)c2c1. The number of hydrogen-bond donors (Lipinski definition) is 0. The maximum atomic E-state index is 4.62. The standard InChI is InChI=1S/C15H22N2/c1-6-11(4)13-7-8-14-15(9-13)17(10(2)3)12(5)16-14/h7-11H,6H2,1-5H3. The maximum Gasteiger partial charge on any atom is 0.106 e. The minimum absolute atomic E-state index is 0.465. The van der Waals surface area contributed by atoms with Crippen LogP contribution in [0.5, 0.6) is 0 Å². The summed E-state index contributed by atoms with van der Waals surface area (Å²) in [6, 6.07) is 7.15. The Morgan fingerprint density at radius 3 is 2.53 bits per heavy atom. The van der Waals surface area contributed by atoms with Crippen molar-refractivity contribution >= 4 is 11.0 Å². The predicted octanol–water partition coefficient (Wildman–Crippen LogP) is 4.44. The Morgan fingerprint density at radius 1 is 1.24 bits per heavy atom. The molecule has 1 aromatic heterocycles. The lowest BCUT2D eigenvalue weighted by Crippen LogP contribution is -2.03. The van der Waals surface area contributed by atoms with Gasteiger partial charge in [-0.1, -0.05) is 19.9 Å². The van der Waals surface area contributed by atoms with E-state index < -0.39 is 0 Å². The summed E-state index contributed by atoms with van der Waals surface area (Å²) in [6.45, 7) is 11.0. The molecule has 0 aliphatic rings. The number of nitrogens with zero attached hydrogens (tertiary/aromatic N) is 2. The lowest BCUT2D eigenvalue weighted by molar-refractivity contribution is 0.599. The fourth-order valence-corrected chi connectivity index (χ4v) is 2.42. The molecule has 1 atom stereocenters. The van der Waals surface area contributed by atoms with Crippen molar-refractivity contribution in [3.63, 3.8) is 0 Å². The van der Waals surface area contributed by atoms with Gasteiger partial charge >= 0.3 is 0 Å². The summed E-state index contributed by atoms with van der Waals surface area (Å²) in [5.41, 5.74) is 3.81. The highest BCUT2D eigenvalue weighted by atomic mass is 15.1. The van der Waals surface area contributed by atoms with Crippen molar-refractivity contribution in [3.05, 3.63) is 29.6 Å². The quantitative estimate of drug-likeness (QED) is 0.762. The molecule has 0 aliphatic carbocycles. The number of rotatable bonds is 3. The molecule has 17 heavy (non-hydrogen) atoms. The zero-order valence-electron chi connectivity index (χ0n) is 11.5. The van der Waals surface area contributed by atoms with Crippen molar-refractivity contribution in [2.24, 2.45) is 0 Å². The Kier molecular flexibility index (Phi) is 3.23. The highest BCUT2D eigenvalue weighted by molar-refractivity contribution is 5.77. The first-order valence-corrected chi connectivity index (χ1v) is 6.53. The van der Waals surface area contributed by atoms with Gasteiger partial charge in [-0.15, -0.1) is 0 Å². The van der Waals surface area contributed by atoms with Crippen molar-refractivity contribution in [1.29, 1.82) is 0 Å². The van der Waals surface area contributed by atoms with Crippen LogP contribution in [0.2, 0.25) is 0 Å². The monoisotopic (exact) mass is 230 g/mol. The van der Waals surface area contributed by atoms with Crippen LogP contribution in [-0.4, -0.2) is 9.55 Å². The molecule has 2 nitrogen and oxygen atoms in total. The molecule has 2 aromatic rings. The Balaban J connectivity index is 2.62. The zero-order chi connectivity index (χ0) is 12.6. The minimum atomic E-state index is 0.465. The van der Waals surface area contributed by atoms with Crippen LogP contribution >= 0.6 is 0 Å². The van der Waals surface area contributed by atoms with E-state index in [4.69, 9.17) is 0 Å². The molecular weight excluding hydrogens is 208 g/mol. The molecule has 0 saturated carbocycles. The number of fused-ring (bicyclic) bond motifs is 1. The van der Waals surface area contributed by atoms with E-state index in [0.717, 1.165) is 11.3 Å². The second kappa shape index (κ2) is 4.52. The predicted molar refractivity (Wildman–Crippen MR) is 73.6 cm³/mol. The van der Waals surface area contributed by atoms with Gasteiger partial charge in [-0.3, -0.25) is 0 Å². The van der Waals surface area contributed by atoms with E-state index in [0.29, 0.717) is 12.0 Å². The third kappa shape index (κ3) is 2.08. The van der Waals surface area contributed by atoms with Crippen LogP contribution in [0.4, 0.5) is 0 Å². The summed E-state index contributed by atoms with van der Waals surface area (Å²) in [7, 11) is 0. The highest BCUT2D eigenvalue weighted by Crippen LogP contribution is 2.26. The molecule has 0 radical (unpaired) electrons. The first-order valence-electron chi connectivity index (χ1n) is 6.53. The smallest absolute Gasteiger partial charge is 0.106 e. The van der Waals surface area contributed by atoms with E-state index in [9.17, 15) is 0 Å². The first kappa shape index (κ1) is 12.2. The highest BCUT2D eigenvalue weighted by Gasteiger charge is 2.12. The molecule has 1 unspecified atom stereocenters. The summed E-state index contributed by atoms with van der Waals surface area (Å²) in [5.74, 6) is 1.73. The van der Waals surface area contributed by atoms with Gasteiger partial charge in [0, 0.05) is 6.04 Å². The van der Waals surface area contributed by atoms with E-state index in [2.05, 4.69) is 62.4 Å². The molecule has 0 N–H and O–H groups in total. The Morgan fingerprint density at radius 2 is 1.94 bits per heavy atom. The summed E-state index contributed by atoms with van der Waals surface area (Å²) in [6.07, 6.45) is 1.18. The lowest BCUT2D eigenvalue weighted by Gasteiger charge is -2.13. The molecule has 1 heterocycles. The number of aromatic nitrogens is 2. The van der Waals surface area contributed by atoms with E-state index in [1.165, 1.54) is 17.5 Å². The molecule has 0 aliphatic heterocycles. The second-order valence-electron chi connectivity index (χ2n) is 5.18. The van der Waals surface area contributed by atoms with E-state index >= 15 is 0 Å². The van der Waals surface area contributed by atoms with E-state index in [-0.39, 0.29) is 0 Å². The van der Waals surface area contributed by atoms with Crippen molar-refractivity contribution < 1.29 is 0 Å². The molecule has 0 fully saturated rings. The molecule has 0 amide bonds. The van der Waals surface area contributed by atoms with Gasteiger partial charge in [-0.25, -0.2) is 4.98 Å². The van der Waals surface area contributed by atoms with Gasteiger partial charge in [-0.2, -0.15) is 0 Å². The fourth-order valence-electron chi connectivity index (χ4n) is 2.42. The van der Waals surface area contributed by atoms with Crippen LogP contribution in [-0.2, 0) is 0 Å². The number of aryl methyl sites for hydroxylation is 1. The molecule has 2 heteroatoms. The number of hydrogen-bond acceptors (Lipinski definition) is 1. The average Bonchev–Trinajstić information content (AvgIpc) is 2.62. The van der Waals surface area contributed by atoms with E-state index in [1.54, 1.807) is 0 Å². The van der Waals surface area contributed by atoms with Crippen molar-refractivity contribution in [3.8, 4) is 0 Å². The fraction of sp³-hybridized carbons (Fsp3) is 0.533. The van der Waals surface area contributed by atoms with Gasteiger partial charge in [0.15, 0.2) is 0 Å². The van der Waals surface area contributed by atoms with Crippen LogP contribution in [0.3, 0.4) is 0 Å². The molecule has 1 aromatic carbocycles. The molecule has 0 spiro atoms. The van der Waals surface area contributed by atoms with Crippen LogP contribution in [0.15, 0.2) is 18.2 Å². The normalized spacial score (nSPS) is 13.5. The van der Waals surface area contributed by atoms with Gasteiger partial charge in [-0.05, 0) is 50.8 Å². The van der Waals surface area contributed by atoms with Gasteiger partial charge in [0.2, 0.25) is 0 Å². The molecule has 0 saturated heterocycles. The largest absolute Gasteiger partial charge is 0.326 e. The number of imidazole rings is 1. The van der Waals surface area contributed by atoms with Gasteiger partial charge in [0.05, 0.1) is 11.0 Å².